The van der Waals surface area contributed by atoms with Gasteiger partial charge in [0.1, 0.15) is 6.67 Å². The van der Waals surface area contributed by atoms with Crippen molar-refractivity contribution in [1.82, 2.24) is 0 Å². The first-order valence-corrected chi connectivity index (χ1v) is 21.7. The first kappa shape index (κ1) is 36.2. The summed E-state index contributed by atoms with van der Waals surface area (Å²) < 4.78 is 3.67. The summed E-state index contributed by atoms with van der Waals surface area (Å²) in [7, 11) is 0. The normalized spacial score (nSPS) is 11.9. The van der Waals surface area contributed by atoms with E-state index in [1.54, 1.807) is 0 Å². The van der Waals surface area contributed by atoms with E-state index in [1.807, 2.05) is 17.4 Å². The number of benzene rings is 9. The fourth-order valence-electron chi connectivity index (χ4n) is 8.55. The van der Waals surface area contributed by atoms with Crippen LogP contribution in [0, 0.1) is 0 Å². The van der Waals surface area contributed by atoms with E-state index in [2.05, 4.69) is 231 Å². The highest BCUT2D eigenvalue weighted by molar-refractivity contribution is 9.10. The average molecular weight is 851 g/mol. The molecule has 0 bridgehead atoms. The molecule has 0 atom stereocenters. The van der Waals surface area contributed by atoms with Crippen molar-refractivity contribution < 1.29 is 0 Å². The van der Waals surface area contributed by atoms with Crippen molar-refractivity contribution in [3.05, 3.63) is 221 Å². The van der Waals surface area contributed by atoms with Gasteiger partial charge >= 0.3 is 0 Å². The Morgan fingerprint density at radius 1 is 0.383 bits per heavy atom. The summed E-state index contributed by atoms with van der Waals surface area (Å²) in [4.78, 5) is 11.6. The fraction of sp³-hybridized carbons (Fsp3) is 0.0182. The quantitative estimate of drug-likeness (QED) is 0.150. The Morgan fingerprint density at radius 3 is 1.50 bits per heavy atom. The number of para-hydroxylation sites is 1. The summed E-state index contributed by atoms with van der Waals surface area (Å²) in [6, 6.07) is 74.5. The molecule has 0 fully saturated rings. The second-order valence-electron chi connectivity index (χ2n) is 15.0. The maximum Gasteiger partial charge on any atom is 0.130 e. The third kappa shape index (κ3) is 6.62. The molecule has 0 spiro atoms. The number of nitrogens with zero attached hydrogens (tertiary/aromatic N) is 3. The van der Waals surface area contributed by atoms with Gasteiger partial charge in [-0.1, -0.05) is 168 Å². The minimum absolute atomic E-state index is 0.500. The van der Waals surface area contributed by atoms with Crippen LogP contribution in [0.25, 0.3) is 75.8 Å². The minimum atomic E-state index is 0.500. The van der Waals surface area contributed by atoms with Crippen LogP contribution >= 0.6 is 27.3 Å². The summed E-state index contributed by atoms with van der Waals surface area (Å²) in [5.41, 5.74) is 15.0. The lowest BCUT2D eigenvalue weighted by atomic mass is 9.98. The van der Waals surface area contributed by atoms with E-state index in [0.29, 0.717) is 6.67 Å². The van der Waals surface area contributed by atoms with Crippen LogP contribution in [-0.4, -0.2) is 6.67 Å². The van der Waals surface area contributed by atoms with Gasteiger partial charge in [-0.05, 0) is 105 Å². The molecule has 60 heavy (non-hydrogen) atoms. The number of hydrogen-bond donors (Lipinski definition) is 0. The summed E-state index contributed by atoms with van der Waals surface area (Å²) in [5.74, 6) is 0. The van der Waals surface area contributed by atoms with Crippen molar-refractivity contribution in [2.24, 2.45) is 9.98 Å². The molecular formula is C55H36BrN3S. The van der Waals surface area contributed by atoms with Gasteiger partial charge in [-0.2, -0.15) is 0 Å². The molecule has 0 saturated heterocycles. The van der Waals surface area contributed by atoms with Gasteiger partial charge in [-0.3, -0.25) is 9.98 Å². The second-order valence-corrected chi connectivity index (χ2v) is 17.0. The predicted molar refractivity (Wildman–Crippen MR) is 256 cm³/mol. The maximum absolute atomic E-state index is 4.66. The van der Waals surface area contributed by atoms with Crippen molar-refractivity contribution in [2.75, 3.05) is 11.6 Å². The molecule has 11 rings (SSSR count). The Labute approximate surface area is 361 Å². The van der Waals surface area contributed by atoms with Crippen LogP contribution in [-0.2, 0) is 0 Å². The number of fused-ring (bicyclic) bond motifs is 4. The molecule has 1 aliphatic heterocycles. The SMILES string of the molecule is Brc1cccc(-c2cccc3c2sc2c(-c4cccc(N(c5cccc(-c6ccccc6)c5)c5cccc(-c6ccc(-c7cccc8c7=NCN=8)cc6)c5)c4)cccc23)c1. The Balaban J connectivity index is 1.03. The Bertz CT molecular complexity index is 3370. The number of anilines is 3. The number of halogens is 1. The molecule has 0 unspecified atom stereocenters. The smallest absolute Gasteiger partial charge is 0.130 e. The highest BCUT2D eigenvalue weighted by atomic mass is 79.9. The van der Waals surface area contributed by atoms with Gasteiger partial charge in [0.15, 0.2) is 0 Å². The Kier molecular flexibility index (Phi) is 9.26. The van der Waals surface area contributed by atoms with Crippen LogP contribution in [0.1, 0.15) is 0 Å². The minimum Gasteiger partial charge on any atom is -0.310 e. The lowest BCUT2D eigenvalue weighted by Crippen LogP contribution is -2.23. The summed E-state index contributed by atoms with van der Waals surface area (Å²) in [6.45, 7) is 0.500. The second kappa shape index (κ2) is 15.4. The average Bonchev–Trinajstić information content (AvgIpc) is 3.95. The summed E-state index contributed by atoms with van der Waals surface area (Å²) >= 11 is 5.58. The van der Waals surface area contributed by atoms with Gasteiger partial charge in [0.05, 0.1) is 10.7 Å². The number of rotatable bonds is 8. The molecule has 2 heterocycles. The van der Waals surface area contributed by atoms with Crippen LogP contribution in [0.15, 0.2) is 221 Å². The van der Waals surface area contributed by atoms with E-state index in [0.717, 1.165) is 54.5 Å². The molecule has 1 aliphatic rings. The van der Waals surface area contributed by atoms with Gasteiger partial charge in [-0.15, -0.1) is 11.3 Å². The van der Waals surface area contributed by atoms with Crippen molar-refractivity contribution >= 4 is 64.5 Å². The molecule has 3 nitrogen and oxygen atoms in total. The zero-order valence-electron chi connectivity index (χ0n) is 32.5. The third-order valence-corrected chi connectivity index (χ3v) is 13.2. The van der Waals surface area contributed by atoms with Crippen molar-refractivity contribution in [3.63, 3.8) is 0 Å². The largest absolute Gasteiger partial charge is 0.310 e. The Hall–Kier alpha value is -6.92. The summed E-state index contributed by atoms with van der Waals surface area (Å²) in [6.07, 6.45) is 0. The maximum atomic E-state index is 4.66. The topological polar surface area (TPSA) is 28.0 Å². The van der Waals surface area contributed by atoms with Gasteiger partial charge in [-0.25, -0.2) is 0 Å². The fourth-order valence-corrected chi connectivity index (χ4v) is 10.3. The molecule has 0 radical (unpaired) electrons. The van der Waals surface area contributed by atoms with Crippen molar-refractivity contribution in [2.45, 2.75) is 0 Å². The molecule has 0 N–H and O–H groups in total. The van der Waals surface area contributed by atoms with Gasteiger partial charge in [0.2, 0.25) is 0 Å². The predicted octanol–water partition coefficient (Wildman–Crippen LogP) is 14.8. The van der Waals surface area contributed by atoms with E-state index >= 15 is 0 Å². The van der Waals surface area contributed by atoms with E-state index in [-0.39, 0.29) is 0 Å². The molecule has 5 heteroatoms. The Morgan fingerprint density at radius 2 is 0.867 bits per heavy atom. The zero-order valence-corrected chi connectivity index (χ0v) is 34.9. The molecular weight excluding hydrogens is 815 g/mol. The molecule has 0 aliphatic carbocycles. The lowest BCUT2D eigenvalue weighted by molar-refractivity contribution is 1.06. The first-order valence-electron chi connectivity index (χ1n) is 20.1. The highest BCUT2D eigenvalue weighted by Gasteiger charge is 2.18. The first-order chi connectivity index (χ1) is 29.6. The van der Waals surface area contributed by atoms with Gasteiger partial charge in [0.25, 0.3) is 0 Å². The molecule has 10 aromatic rings. The van der Waals surface area contributed by atoms with E-state index < -0.39 is 0 Å². The number of thiophene rings is 1. The van der Waals surface area contributed by atoms with Crippen molar-refractivity contribution in [1.29, 1.82) is 0 Å². The highest BCUT2D eigenvalue weighted by Crippen LogP contribution is 2.45. The van der Waals surface area contributed by atoms with Crippen LogP contribution in [0.4, 0.5) is 17.1 Å². The molecule has 9 aromatic carbocycles. The molecule has 0 saturated carbocycles. The van der Waals surface area contributed by atoms with Gasteiger partial charge in [0, 0.05) is 47.3 Å². The lowest BCUT2D eigenvalue weighted by Gasteiger charge is -2.27. The zero-order chi connectivity index (χ0) is 40.0. The van der Waals surface area contributed by atoms with Gasteiger partial charge < -0.3 is 4.90 Å². The standard InChI is InChI=1S/C55H36BrN3S/c56-43-17-4-15-41(31-43)48-22-8-24-50-51-25-9-23-49(55(51)60-54(48)50)42-16-7-20-46(34-42)59(44-18-5-13-39(32-44)36-11-2-1-3-12-36)45-19-6-14-40(33-45)37-27-29-38(30-28-37)47-21-10-26-52-53(47)58-35-57-52/h1-34H,35H2. The van der Waals surface area contributed by atoms with Crippen LogP contribution in [0.3, 0.4) is 0 Å². The van der Waals surface area contributed by atoms with Crippen molar-refractivity contribution in [3.8, 4) is 55.6 Å². The van der Waals surface area contributed by atoms with Crippen LogP contribution < -0.4 is 15.6 Å². The van der Waals surface area contributed by atoms with E-state index in [1.165, 1.54) is 53.6 Å². The monoisotopic (exact) mass is 849 g/mol. The molecule has 1 aromatic heterocycles. The summed E-state index contributed by atoms with van der Waals surface area (Å²) in [5, 5.41) is 4.52. The molecule has 0 amide bonds. The van der Waals surface area contributed by atoms with E-state index in [4.69, 9.17) is 0 Å². The van der Waals surface area contributed by atoms with Crippen LogP contribution in [0.5, 0.6) is 0 Å². The number of hydrogen-bond acceptors (Lipinski definition) is 4. The van der Waals surface area contributed by atoms with Crippen LogP contribution in [0.2, 0.25) is 0 Å². The third-order valence-electron chi connectivity index (χ3n) is 11.4. The molecule has 284 valence electrons. The van der Waals surface area contributed by atoms with E-state index in [9.17, 15) is 0 Å².